The highest BCUT2D eigenvalue weighted by atomic mass is 32.1. The molecule has 34 heavy (non-hydrogen) atoms. The van der Waals surface area contributed by atoms with E-state index in [4.69, 9.17) is 0 Å². The van der Waals surface area contributed by atoms with Crippen LogP contribution in [0, 0.1) is 11.3 Å². The SMILES string of the molecule is CCC(CC)[C@@H](c1cnn(C)c1)N1CC2(CCN(c3ncnc4sc(CC(F)(F)F)cc34)C2)C1. The molecule has 0 saturated carbocycles. The number of alkyl halides is 3. The molecule has 2 aliphatic heterocycles. The summed E-state index contributed by atoms with van der Waals surface area (Å²) in [5.74, 6) is 1.35. The molecular weight excluding hydrogens is 461 g/mol. The molecule has 2 fully saturated rings. The molecule has 5 rings (SSSR count). The van der Waals surface area contributed by atoms with Crippen LogP contribution in [0.4, 0.5) is 19.0 Å². The van der Waals surface area contributed by atoms with Crippen LogP contribution in [0.25, 0.3) is 10.2 Å². The van der Waals surface area contributed by atoms with Crippen LogP contribution in [0.15, 0.2) is 24.8 Å². The molecule has 2 aliphatic rings. The molecule has 0 radical (unpaired) electrons. The second-order valence-electron chi connectivity index (χ2n) is 9.97. The Kier molecular flexibility index (Phi) is 6.08. The lowest BCUT2D eigenvalue weighted by molar-refractivity contribution is -0.126. The molecule has 0 bridgehead atoms. The summed E-state index contributed by atoms with van der Waals surface area (Å²) in [5.41, 5.74) is 1.49. The van der Waals surface area contributed by atoms with Gasteiger partial charge in [0.25, 0.3) is 0 Å². The third-order valence-corrected chi connectivity index (χ3v) is 8.55. The van der Waals surface area contributed by atoms with Gasteiger partial charge in [0.2, 0.25) is 0 Å². The number of hydrogen-bond donors (Lipinski definition) is 0. The monoisotopic (exact) mass is 492 g/mol. The fraction of sp³-hybridized carbons (Fsp3) is 0.625. The summed E-state index contributed by atoms with van der Waals surface area (Å²) in [6.45, 7) is 8.32. The Morgan fingerprint density at radius 3 is 2.56 bits per heavy atom. The van der Waals surface area contributed by atoms with Crippen LogP contribution in [-0.4, -0.2) is 57.0 Å². The first kappa shape index (κ1) is 23.5. The average Bonchev–Trinajstić information content (AvgIpc) is 3.47. The number of anilines is 1. The lowest BCUT2D eigenvalue weighted by Gasteiger charge is -2.53. The zero-order valence-electron chi connectivity index (χ0n) is 19.8. The Morgan fingerprint density at radius 2 is 1.91 bits per heavy atom. The van der Waals surface area contributed by atoms with E-state index in [1.807, 2.05) is 17.9 Å². The maximum absolute atomic E-state index is 12.9. The van der Waals surface area contributed by atoms with Gasteiger partial charge in [0.1, 0.15) is 17.0 Å². The summed E-state index contributed by atoms with van der Waals surface area (Å²) in [6.07, 6.45) is 3.81. The topological polar surface area (TPSA) is 50.1 Å². The molecule has 3 aromatic rings. The molecule has 0 aromatic carbocycles. The molecule has 0 unspecified atom stereocenters. The fourth-order valence-corrected chi connectivity index (χ4v) is 6.95. The minimum atomic E-state index is -4.22. The molecule has 1 atom stereocenters. The van der Waals surface area contributed by atoms with Gasteiger partial charge in [-0.05, 0) is 18.4 Å². The van der Waals surface area contributed by atoms with Crippen molar-refractivity contribution in [1.82, 2.24) is 24.6 Å². The summed E-state index contributed by atoms with van der Waals surface area (Å²) >= 11 is 1.11. The molecule has 5 heterocycles. The lowest BCUT2D eigenvalue weighted by Crippen LogP contribution is -2.59. The van der Waals surface area contributed by atoms with E-state index in [0.29, 0.717) is 16.8 Å². The molecule has 0 aliphatic carbocycles. The average molecular weight is 493 g/mol. The fourth-order valence-electron chi connectivity index (χ4n) is 5.92. The van der Waals surface area contributed by atoms with Gasteiger partial charge >= 0.3 is 6.18 Å². The molecule has 0 N–H and O–H groups in total. The van der Waals surface area contributed by atoms with E-state index >= 15 is 0 Å². The van der Waals surface area contributed by atoms with Crippen molar-refractivity contribution in [3.8, 4) is 0 Å². The van der Waals surface area contributed by atoms with Crippen molar-refractivity contribution in [3.63, 3.8) is 0 Å². The minimum absolute atomic E-state index is 0.203. The highest BCUT2D eigenvalue weighted by Gasteiger charge is 2.51. The molecule has 0 amide bonds. The summed E-state index contributed by atoms with van der Waals surface area (Å²) in [7, 11) is 1.97. The predicted octanol–water partition coefficient (Wildman–Crippen LogP) is 5.22. The van der Waals surface area contributed by atoms with Crippen LogP contribution in [0.3, 0.4) is 0 Å². The summed E-state index contributed by atoms with van der Waals surface area (Å²) in [6, 6.07) is 2.00. The van der Waals surface area contributed by atoms with E-state index in [0.717, 1.165) is 68.0 Å². The summed E-state index contributed by atoms with van der Waals surface area (Å²) in [4.78, 5) is 14.5. The molecule has 3 aromatic heterocycles. The number of aryl methyl sites for hydroxylation is 1. The van der Waals surface area contributed by atoms with Crippen LogP contribution in [0.5, 0.6) is 0 Å². The van der Waals surface area contributed by atoms with Crippen LogP contribution in [0.2, 0.25) is 0 Å². The van der Waals surface area contributed by atoms with Gasteiger partial charge in [0.15, 0.2) is 0 Å². The van der Waals surface area contributed by atoms with E-state index in [1.54, 1.807) is 6.07 Å². The Hall–Kier alpha value is -2.20. The summed E-state index contributed by atoms with van der Waals surface area (Å²) < 4.78 is 40.6. The van der Waals surface area contributed by atoms with Gasteiger partial charge < -0.3 is 4.90 Å². The number of hydrogen-bond acceptors (Lipinski definition) is 6. The van der Waals surface area contributed by atoms with Crippen LogP contribution >= 0.6 is 11.3 Å². The van der Waals surface area contributed by atoms with Gasteiger partial charge in [-0.2, -0.15) is 18.3 Å². The van der Waals surface area contributed by atoms with Crippen molar-refractivity contribution in [1.29, 1.82) is 0 Å². The Bertz CT molecular complexity index is 1150. The summed E-state index contributed by atoms with van der Waals surface area (Å²) in [5, 5.41) is 5.16. The van der Waals surface area contributed by atoms with Gasteiger partial charge in [0, 0.05) is 61.3 Å². The Balaban J connectivity index is 1.32. The molecule has 6 nitrogen and oxygen atoms in total. The van der Waals surface area contributed by atoms with Crippen molar-refractivity contribution >= 4 is 27.4 Å². The molecule has 10 heteroatoms. The second kappa shape index (κ2) is 8.78. The largest absolute Gasteiger partial charge is 0.393 e. The highest BCUT2D eigenvalue weighted by Crippen LogP contribution is 2.48. The minimum Gasteiger partial charge on any atom is -0.355 e. The first-order chi connectivity index (χ1) is 16.2. The predicted molar refractivity (Wildman–Crippen MR) is 128 cm³/mol. The van der Waals surface area contributed by atoms with Gasteiger partial charge in [-0.25, -0.2) is 9.97 Å². The molecule has 1 spiro atoms. The van der Waals surface area contributed by atoms with Gasteiger partial charge in [-0.3, -0.25) is 9.58 Å². The van der Waals surface area contributed by atoms with Crippen molar-refractivity contribution < 1.29 is 13.2 Å². The number of aromatic nitrogens is 4. The molecule has 2 saturated heterocycles. The number of thiophene rings is 1. The Morgan fingerprint density at radius 1 is 1.15 bits per heavy atom. The molecular formula is C24H31F3N6S. The van der Waals surface area contributed by atoms with Crippen LogP contribution in [-0.2, 0) is 13.5 Å². The Labute approximate surface area is 201 Å². The van der Waals surface area contributed by atoms with E-state index < -0.39 is 12.6 Å². The van der Waals surface area contributed by atoms with Crippen molar-refractivity contribution in [3.05, 3.63) is 35.2 Å². The maximum Gasteiger partial charge on any atom is 0.393 e. The number of halogens is 3. The normalized spacial score (nSPS) is 19.4. The zero-order chi connectivity index (χ0) is 24.1. The van der Waals surface area contributed by atoms with Crippen molar-refractivity contribution in [2.24, 2.45) is 18.4 Å². The number of rotatable bonds is 7. The van der Waals surface area contributed by atoms with Gasteiger partial charge in [-0.15, -0.1) is 11.3 Å². The van der Waals surface area contributed by atoms with E-state index in [-0.39, 0.29) is 10.3 Å². The van der Waals surface area contributed by atoms with E-state index in [9.17, 15) is 13.2 Å². The maximum atomic E-state index is 12.9. The smallest absolute Gasteiger partial charge is 0.355 e. The van der Waals surface area contributed by atoms with Gasteiger partial charge in [0.05, 0.1) is 18.0 Å². The van der Waals surface area contributed by atoms with Gasteiger partial charge in [-0.1, -0.05) is 26.7 Å². The third-order valence-electron chi connectivity index (χ3n) is 7.50. The van der Waals surface area contributed by atoms with Crippen LogP contribution < -0.4 is 4.90 Å². The second-order valence-corrected chi connectivity index (χ2v) is 11.1. The third kappa shape index (κ3) is 4.42. The standard InChI is InChI=1S/C24H31F3N6S/c1-4-16(5-2)20(17-10-30-31(3)11-17)33-13-23(14-33)6-7-32(12-23)21-19-8-18(9-24(25,26)27)34-22(19)29-15-28-21/h8,10-11,15-16,20H,4-7,9,12-14H2,1-3H3/t20-/m0/s1. The van der Waals surface area contributed by atoms with Crippen molar-refractivity contribution in [2.45, 2.75) is 51.7 Å². The quantitative estimate of drug-likeness (QED) is 0.453. The van der Waals surface area contributed by atoms with E-state index in [1.165, 1.54) is 11.9 Å². The highest BCUT2D eigenvalue weighted by molar-refractivity contribution is 7.18. The van der Waals surface area contributed by atoms with Crippen LogP contribution in [0.1, 0.15) is 49.6 Å². The molecule has 184 valence electrons. The zero-order valence-corrected chi connectivity index (χ0v) is 20.7. The number of likely N-dealkylation sites (tertiary alicyclic amines) is 1. The van der Waals surface area contributed by atoms with Crippen molar-refractivity contribution in [2.75, 3.05) is 31.1 Å². The lowest BCUT2D eigenvalue weighted by atomic mass is 9.75. The number of nitrogens with zero attached hydrogens (tertiary/aromatic N) is 6. The van der Waals surface area contributed by atoms with E-state index in [2.05, 4.69) is 44.9 Å². The number of fused-ring (bicyclic) bond motifs is 1. The first-order valence-electron chi connectivity index (χ1n) is 12.0. The first-order valence-corrected chi connectivity index (χ1v) is 12.8.